The molecule has 0 heterocycles. The minimum absolute atomic E-state index is 0.0941. The second-order valence-corrected chi connectivity index (χ2v) is 52.3. The minimum atomic E-state index is -4.08. The van der Waals surface area contributed by atoms with Crippen LogP contribution in [-0.4, -0.2) is 121 Å². The third-order valence-electron chi connectivity index (χ3n) is 12.2. The van der Waals surface area contributed by atoms with Crippen LogP contribution >= 0.6 is 0 Å². The summed E-state index contributed by atoms with van der Waals surface area (Å²) in [6, 6.07) is 0.276. The number of methoxy groups -OCH3 is 4. The lowest BCUT2D eigenvalue weighted by atomic mass is 10.1. The molecule has 15 nitrogen and oxygen atoms in total. The molecule has 0 aromatic carbocycles. The predicted octanol–water partition coefficient (Wildman–Crippen LogP) is 14.0. The minimum Gasteiger partial charge on any atom is -0.469 e. The van der Waals surface area contributed by atoms with Crippen LogP contribution in [0.1, 0.15) is 151 Å². The van der Waals surface area contributed by atoms with Gasteiger partial charge < -0.3 is 47.8 Å². The number of rotatable bonds is 40. The number of hydrogen-bond acceptors (Lipinski definition) is 15. The summed E-state index contributed by atoms with van der Waals surface area (Å²) in [4.78, 5) is 55.4. The van der Waals surface area contributed by atoms with Crippen molar-refractivity contribution >= 4 is 92.6 Å². The van der Waals surface area contributed by atoms with Gasteiger partial charge in [0.15, 0.2) is 16.6 Å². The van der Waals surface area contributed by atoms with Crippen LogP contribution in [0.25, 0.3) is 0 Å². The molecule has 0 fully saturated rings. The van der Waals surface area contributed by atoms with Crippen molar-refractivity contribution < 1.29 is 66.9 Å². The van der Waals surface area contributed by atoms with E-state index in [9.17, 15) is 19.2 Å². The molecule has 0 aromatic rings. The number of carbonyl (C=O) groups is 4. The highest BCUT2D eigenvalue weighted by molar-refractivity contribution is 6.94. The van der Waals surface area contributed by atoms with Crippen LogP contribution in [0.3, 0.4) is 0 Å². The Morgan fingerprint density at radius 2 is 0.740 bits per heavy atom. The number of esters is 4. The summed E-state index contributed by atoms with van der Waals surface area (Å²) in [7, 11) is -19.6. The lowest BCUT2D eigenvalue weighted by Crippen LogP contribution is -2.66. The molecule has 9 unspecified atom stereocenters. The smallest absolute Gasteiger partial charge is 0.331 e. The molecule has 0 radical (unpaired) electrons. The molecular weight excluding hydrogens is 1070 g/mol. The molecule has 0 saturated carbocycles. The average Bonchev–Trinajstić information content (AvgIpc) is 3.24. The first-order valence-electron chi connectivity index (χ1n) is 27.8. The van der Waals surface area contributed by atoms with Crippen molar-refractivity contribution in [1.29, 1.82) is 0 Å². The van der Waals surface area contributed by atoms with Crippen molar-refractivity contribution in [3.05, 3.63) is 0 Å². The van der Waals surface area contributed by atoms with Gasteiger partial charge in [0.1, 0.15) is 0 Å². The highest BCUT2D eigenvalue weighted by Crippen LogP contribution is 2.44. The molecule has 23 heteroatoms. The predicted molar refractivity (Wildman–Crippen MR) is 316 cm³/mol. The van der Waals surface area contributed by atoms with E-state index in [0.717, 1.165) is 64.2 Å². The molecule has 0 aliphatic rings. The Morgan fingerprint density at radius 3 is 1.08 bits per heavy atom. The quantitative estimate of drug-likeness (QED) is 0.0246. The standard InChI is InChI=1S/C47H104O15Si8.C3H8/c1-22-24-26-28-30-32-34-36-42(46(50)54-7)69(20,59-65(13,14)15)62-70(21,43(47(51)55-8)37-35-33-31-29-27-25-23-2)61-68(19,39-41(4)45(49)53-6)60-67(18,38-40(3)44(48)52-5)57-63(9)56-66(16,17)58-64(10,11)12;1-3-2/h40-43,63H,22-39H2,1-21H3;3H2,1-2H3. The van der Waals surface area contributed by atoms with Gasteiger partial charge in [-0.3, -0.25) is 19.2 Å². The average molecular weight is 1180 g/mol. The number of hydrogen-bond donors (Lipinski definition) is 0. The molecule has 0 rings (SSSR count). The van der Waals surface area contributed by atoms with Crippen molar-refractivity contribution in [2.45, 2.75) is 259 Å². The first-order chi connectivity index (χ1) is 33.6. The van der Waals surface area contributed by atoms with E-state index in [0.29, 0.717) is 19.3 Å². The third-order valence-corrected chi connectivity index (χ3v) is 43.9. The Labute approximate surface area is 456 Å². The van der Waals surface area contributed by atoms with Gasteiger partial charge in [-0.2, -0.15) is 0 Å². The lowest BCUT2D eigenvalue weighted by molar-refractivity contribution is -0.145. The van der Waals surface area contributed by atoms with Gasteiger partial charge in [-0.05, 0) is 98.0 Å². The zero-order valence-corrected chi connectivity index (χ0v) is 59.1. The molecule has 0 amide bonds. The van der Waals surface area contributed by atoms with E-state index in [1.165, 1.54) is 54.1 Å². The van der Waals surface area contributed by atoms with Crippen LogP contribution < -0.4 is 0 Å². The van der Waals surface area contributed by atoms with Crippen LogP contribution in [0.2, 0.25) is 108 Å². The summed E-state index contributed by atoms with van der Waals surface area (Å²) < 4.78 is 72.2. The summed E-state index contributed by atoms with van der Waals surface area (Å²) in [6.07, 6.45) is 16.7. The van der Waals surface area contributed by atoms with E-state index < -0.39 is 116 Å². The summed E-state index contributed by atoms with van der Waals surface area (Å²) in [5, 5.41) is 0. The SMILES string of the molecule is CCC.CCCCCCCCCC(C(=O)OC)[Si](C)(O[Si](C)(C)C)O[Si](C)(O[Si](C)(CC(C)C(=O)OC)O[Si](C)(CC(C)C(=O)OC)O[SiH](C)O[Si](C)(C)O[Si](C)(C)C)C(CCCCCCCCC)C(=O)OC. The molecule has 0 aromatic heterocycles. The molecule has 0 aliphatic heterocycles. The van der Waals surface area contributed by atoms with Crippen LogP contribution in [0.5, 0.6) is 0 Å². The second kappa shape index (κ2) is 36.5. The van der Waals surface area contributed by atoms with E-state index >= 15 is 0 Å². The monoisotopic (exact) mass is 1180 g/mol. The zero-order chi connectivity index (χ0) is 56.9. The maximum atomic E-state index is 14.6. The summed E-state index contributed by atoms with van der Waals surface area (Å²) in [5.41, 5.74) is -1.62. The van der Waals surface area contributed by atoms with Crippen LogP contribution in [-0.2, 0) is 66.9 Å². The second-order valence-electron chi connectivity index (χ2n) is 23.2. The molecule has 73 heavy (non-hydrogen) atoms. The van der Waals surface area contributed by atoms with Gasteiger partial charge in [0, 0.05) is 12.1 Å². The normalized spacial score (nSPS) is 17.7. The van der Waals surface area contributed by atoms with Crippen molar-refractivity contribution in [3.8, 4) is 0 Å². The summed E-state index contributed by atoms with van der Waals surface area (Å²) in [5.74, 6) is -3.12. The van der Waals surface area contributed by atoms with Gasteiger partial charge in [0.25, 0.3) is 0 Å². The van der Waals surface area contributed by atoms with E-state index in [1.54, 1.807) is 13.8 Å². The van der Waals surface area contributed by atoms with Gasteiger partial charge in [0.05, 0.1) is 51.4 Å². The Hall–Kier alpha value is -0.665. The van der Waals surface area contributed by atoms with Gasteiger partial charge in [-0.15, -0.1) is 0 Å². The van der Waals surface area contributed by atoms with Gasteiger partial charge in [0.2, 0.25) is 0 Å². The molecular formula is C50H112O15Si8. The molecule has 0 bridgehead atoms. The number of unbranched alkanes of at least 4 members (excludes halogenated alkanes) is 12. The molecule has 434 valence electrons. The van der Waals surface area contributed by atoms with Crippen LogP contribution in [0.15, 0.2) is 0 Å². The summed E-state index contributed by atoms with van der Waals surface area (Å²) in [6.45, 7) is 38.4. The van der Waals surface area contributed by atoms with Crippen molar-refractivity contribution in [3.63, 3.8) is 0 Å². The van der Waals surface area contributed by atoms with Crippen molar-refractivity contribution in [1.82, 2.24) is 0 Å². The third kappa shape index (κ3) is 32.1. The fourth-order valence-corrected chi connectivity index (χ4v) is 49.1. The zero-order valence-electron chi connectivity index (χ0n) is 50.9. The van der Waals surface area contributed by atoms with E-state index in [2.05, 4.69) is 67.0 Å². The maximum absolute atomic E-state index is 14.6. The van der Waals surface area contributed by atoms with E-state index in [-0.39, 0.29) is 12.1 Å². The maximum Gasteiger partial charge on any atom is 0.331 e. The fourth-order valence-electron chi connectivity index (χ4n) is 9.74. The van der Waals surface area contributed by atoms with Crippen LogP contribution in [0, 0.1) is 11.8 Å². The highest BCUT2D eigenvalue weighted by atomic mass is 28.5. The largest absolute Gasteiger partial charge is 0.469 e. The molecule has 0 aliphatic carbocycles. The number of ether oxygens (including phenoxy) is 4. The topological polar surface area (TPSA) is 170 Å². The Balaban J connectivity index is 0. The first-order valence-corrected chi connectivity index (χ1v) is 49.4. The molecule has 0 saturated heterocycles. The lowest BCUT2D eigenvalue weighted by Gasteiger charge is -2.49. The Bertz CT molecular complexity index is 1560. The van der Waals surface area contributed by atoms with Gasteiger partial charge in [-0.25, -0.2) is 0 Å². The Kier molecular flexibility index (Phi) is 37.2. The molecule has 0 spiro atoms. The van der Waals surface area contributed by atoms with Crippen LogP contribution in [0.4, 0.5) is 0 Å². The van der Waals surface area contributed by atoms with E-state index in [4.69, 9.17) is 47.8 Å². The highest BCUT2D eigenvalue weighted by Gasteiger charge is 2.61. The van der Waals surface area contributed by atoms with Gasteiger partial charge in [-0.1, -0.05) is 138 Å². The summed E-state index contributed by atoms with van der Waals surface area (Å²) >= 11 is 0. The molecule has 0 N–H and O–H groups in total. The van der Waals surface area contributed by atoms with E-state index in [1.807, 2.05) is 45.8 Å². The molecule has 9 atom stereocenters. The van der Waals surface area contributed by atoms with Crippen molar-refractivity contribution in [2.24, 2.45) is 11.8 Å². The number of carbonyl (C=O) groups excluding carboxylic acids is 4. The first kappa shape index (κ1) is 74.4. The fraction of sp³-hybridized carbons (Fsp3) is 0.920. The Morgan fingerprint density at radius 1 is 0.411 bits per heavy atom. The van der Waals surface area contributed by atoms with Crippen molar-refractivity contribution in [2.75, 3.05) is 28.4 Å². The van der Waals surface area contributed by atoms with Gasteiger partial charge >= 0.3 is 76.0 Å².